The minimum Gasteiger partial charge on any atom is -0.323 e. The van der Waals surface area contributed by atoms with E-state index in [9.17, 15) is 9.59 Å². The standard InChI is InChI=1S/C27H19Cl2N3O2S/c1-16(25(33)31-23-13-20(28)11-12-22(23)29)32-15-30-26-24(27(32)34)21(14-35-26)19-9-7-18(8-10-19)17-5-3-2-4-6-17/h2-16H,1H3,(H,31,33). The number of aromatic nitrogens is 2. The van der Waals surface area contributed by atoms with Gasteiger partial charge < -0.3 is 5.32 Å². The average Bonchev–Trinajstić information content (AvgIpc) is 3.32. The summed E-state index contributed by atoms with van der Waals surface area (Å²) in [6.45, 7) is 1.64. The van der Waals surface area contributed by atoms with Gasteiger partial charge in [0.1, 0.15) is 10.9 Å². The predicted octanol–water partition coefficient (Wildman–Crippen LogP) is 7.30. The molecular weight excluding hydrogens is 501 g/mol. The van der Waals surface area contributed by atoms with Crippen LogP contribution in [0.5, 0.6) is 0 Å². The van der Waals surface area contributed by atoms with Crippen molar-refractivity contribution in [2.45, 2.75) is 13.0 Å². The first-order valence-corrected chi connectivity index (χ1v) is 12.5. The van der Waals surface area contributed by atoms with Gasteiger partial charge in [-0.3, -0.25) is 14.2 Å². The van der Waals surface area contributed by atoms with E-state index in [0.29, 0.717) is 25.9 Å². The molecule has 0 spiro atoms. The van der Waals surface area contributed by atoms with Crippen LogP contribution in [-0.4, -0.2) is 15.5 Å². The Balaban J connectivity index is 1.48. The number of nitrogens with zero attached hydrogens (tertiary/aromatic N) is 2. The summed E-state index contributed by atoms with van der Waals surface area (Å²) in [6.07, 6.45) is 1.41. The zero-order valence-corrected chi connectivity index (χ0v) is 20.9. The van der Waals surface area contributed by atoms with E-state index in [4.69, 9.17) is 23.2 Å². The predicted molar refractivity (Wildman–Crippen MR) is 145 cm³/mol. The number of carbonyl (C=O) groups is 1. The molecule has 1 N–H and O–H groups in total. The molecule has 0 bridgehead atoms. The van der Waals surface area contributed by atoms with E-state index in [-0.39, 0.29) is 5.56 Å². The van der Waals surface area contributed by atoms with Crippen LogP contribution in [-0.2, 0) is 4.79 Å². The normalized spacial score (nSPS) is 12.0. The van der Waals surface area contributed by atoms with Gasteiger partial charge in [0.15, 0.2) is 0 Å². The van der Waals surface area contributed by atoms with Crippen molar-refractivity contribution in [3.05, 3.63) is 105 Å². The Labute approximate surface area is 215 Å². The van der Waals surface area contributed by atoms with Crippen LogP contribution in [0.3, 0.4) is 0 Å². The molecule has 1 amide bonds. The molecule has 174 valence electrons. The maximum absolute atomic E-state index is 13.5. The topological polar surface area (TPSA) is 64.0 Å². The molecule has 8 heteroatoms. The Bertz CT molecular complexity index is 1600. The number of hydrogen-bond donors (Lipinski definition) is 1. The number of nitrogens with one attached hydrogen (secondary N) is 1. The number of carbonyl (C=O) groups excluding carboxylic acids is 1. The first-order valence-electron chi connectivity index (χ1n) is 10.8. The third kappa shape index (κ3) is 4.60. The Kier molecular flexibility index (Phi) is 6.43. The SMILES string of the molecule is CC(C(=O)Nc1cc(Cl)ccc1Cl)n1cnc2scc(-c3ccc(-c4ccccc4)cc3)c2c1=O. The van der Waals surface area contributed by atoms with Crippen LogP contribution < -0.4 is 10.9 Å². The van der Waals surface area contributed by atoms with Gasteiger partial charge in [-0.05, 0) is 41.8 Å². The molecule has 5 nitrogen and oxygen atoms in total. The summed E-state index contributed by atoms with van der Waals surface area (Å²) in [5, 5.41) is 5.97. The van der Waals surface area contributed by atoms with Gasteiger partial charge in [0.05, 0.1) is 22.4 Å². The summed E-state index contributed by atoms with van der Waals surface area (Å²) in [5.74, 6) is -0.401. The molecule has 0 aliphatic rings. The smallest absolute Gasteiger partial charge is 0.263 e. The lowest BCUT2D eigenvalue weighted by molar-refractivity contribution is -0.118. The fourth-order valence-electron chi connectivity index (χ4n) is 3.86. The van der Waals surface area contributed by atoms with E-state index in [0.717, 1.165) is 22.3 Å². The molecule has 0 saturated carbocycles. The minimum atomic E-state index is -0.817. The molecule has 0 aliphatic heterocycles. The fraction of sp³-hybridized carbons (Fsp3) is 0.0741. The highest BCUT2D eigenvalue weighted by molar-refractivity contribution is 7.17. The van der Waals surface area contributed by atoms with Crippen molar-refractivity contribution in [1.82, 2.24) is 9.55 Å². The van der Waals surface area contributed by atoms with Crippen LogP contribution in [0.25, 0.3) is 32.5 Å². The fourth-order valence-corrected chi connectivity index (χ4v) is 5.11. The van der Waals surface area contributed by atoms with Gasteiger partial charge in [0.2, 0.25) is 5.91 Å². The van der Waals surface area contributed by atoms with E-state index in [1.807, 2.05) is 47.8 Å². The molecule has 0 aliphatic carbocycles. The van der Waals surface area contributed by atoms with Crippen molar-refractivity contribution in [3.8, 4) is 22.3 Å². The molecule has 1 unspecified atom stereocenters. The maximum atomic E-state index is 13.5. The first-order chi connectivity index (χ1) is 16.9. The highest BCUT2D eigenvalue weighted by Gasteiger charge is 2.21. The van der Waals surface area contributed by atoms with Crippen LogP contribution in [0, 0.1) is 0 Å². The van der Waals surface area contributed by atoms with Crippen molar-refractivity contribution in [1.29, 1.82) is 0 Å². The molecular formula is C27H19Cl2N3O2S. The monoisotopic (exact) mass is 519 g/mol. The number of hydrogen-bond acceptors (Lipinski definition) is 4. The van der Waals surface area contributed by atoms with Crippen molar-refractivity contribution in [2.24, 2.45) is 0 Å². The van der Waals surface area contributed by atoms with Crippen molar-refractivity contribution < 1.29 is 4.79 Å². The lowest BCUT2D eigenvalue weighted by Gasteiger charge is -2.16. The van der Waals surface area contributed by atoms with Gasteiger partial charge in [0.25, 0.3) is 5.56 Å². The second-order valence-electron chi connectivity index (χ2n) is 8.02. The summed E-state index contributed by atoms with van der Waals surface area (Å²) in [7, 11) is 0. The maximum Gasteiger partial charge on any atom is 0.263 e. The van der Waals surface area contributed by atoms with Gasteiger partial charge in [0, 0.05) is 16.0 Å². The largest absolute Gasteiger partial charge is 0.323 e. The summed E-state index contributed by atoms with van der Waals surface area (Å²) in [6, 6.07) is 22.2. The third-order valence-corrected chi connectivity index (χ3v) is 7.26. The molecule has 2 heterocycles. The van der Waals surface area contributed by atoms with E-state index in [1.165, 1.54) is 22.2 Å². The molecule has 5 aromatic rings. The zero-order chi connectivity index (χ0) is 24.5. The second-order valence-corrected chi connectivity index (χ2v) is 9.72. The molecule has 5 rings (SSSR count). The molecule has 1 atom stereocenters. The number of thiophene rings is 1. The van der Waals surface area contributed by atoms with E-state index in [1.54, 1.807) is 25.1 Å². The van der Waals surface area contributed by atoms with Crippen LogP contribution >= 0.6 is 34.5 Å². The van der Waals surface area contributed by atoms with Crippen LogP contribution in [0.1, 0.15) is 13.0 Å². The quantitative estimate of drug-likeness (QED) is 0.265. The van der Waals surface area contributed by atoms with Gasteiger partial charge >= 0.3 is 0 Å². The molecule has 0 fully saturated rings. The highest BCUT2D eigenvalue weighted by Crippen LogP contribution is 2.32. The van der Waals surface area contributed by atoms with Crippen molar-refractivity contribution in [3.63, 3.8) is 0 Å². The molecule has 0 saturated heterocycles. The van der Waals surface area contributed by atoms with Crippen LogP contribution in [0.15, 0.2) is 89.3 Å². The first kappa shape index (κ1) is 23.3. The second kappa shape index (κ2) is 9.66. The molecule has 2 aromatic heterocycles. The number of rotatable bonds is 5. The van der Waals surface area contributed by atoms with E-state index in [2.05, 4.69) is 22.4 Å². The van der Waals surface area contributed by atoms with E-state index >= 15 is 0 Å². The number of fused-ring (bicyclic) bond motifs is 1. The zero-order valence-electron chi connectivity index (χ0n) is 18.5. The third-order valence-electron chi connectivity index (χ3n) is 5.81. The lowest BCUT2D eigenvalue weighted by atomic mass is 10.0. The van der Waals surface area contributed by atoms with Gasteiger partial charge in [-0.15, -0.1) is 11.3 Å². The van der Waals surface area contributed by atoms with Crippen molar-refractivity contribution >= 4 is 56.3 Å². The summed E-state index contributed by atoms with van der Waals surface area (Å²) < 4.78 is 1.34. The molecule has 0 radical (unpaired) electrons. The van der Waals surface area contributed by atoms with Gasteiger partial charge in [-0.25, -0.2) is 4.98 Å². The molecule has 3 aromatic carbocycles. The summed E-state index contributed by atoms with van der Waals surface area (Å²) in [5.41, 5.74) is 4.02. The number of benzene rings is 3. The number of amides is 1. The minimum absolute atomic E-state index is 0.279. The van der Waals surface area contributed by atoms with Crippen LogP contribution in [0.4, 0.5) is 5.69 Å². The van der Waals surface area contributed by atoms with Gasteiger partial charge in [-0.2, -0.15) is 0 Å². The highest BCUT2D eigenvalue weighted by atomic mass is 35.5. The lowest BCUT2D eigenvalue weighted by Crippen LogP contribution is -2.31. The Morgan fingerprint density at radius 2 is 1.66 bits per heavy atom. The average molecular weight is 520 g/mol. The van der Waals surface area contributed by atoms with Crippen molar-refractivity contribution in [2.75, 3.05) is 5.32 Å². The van der Waals surface area contributed by atoms with E-state index < -0.39 is 11.9 Å². The number of halogens is 2. The Morgan fingerprint density at radius 3 is 2.40 bits per heavy atom. The van der Waals surface area contributed by atoms with Crippen LogP contribution in [0.2, 0.25) is 10.0 Å². The molecule has 35 heavy (non-hydrogen) atoms. The Hall–Kier alpha value is -3.45. The summed E-state index contributed by atoms with van der Waals surface area (Å²) in [4.78, 5) is 31.5. The summed E-state index contributed by atoms with van der Waals surface area (Å²) >= 11 is 13.6. The number of anilines is 1. The Morgan fingerprint density at radius 1 is 0.971 bits per heavy atom. The van der Waals surface area contributed by atoms with Gasteiger partial charge in [-0.1, -0.05) is 77.8 Å².